The van der Waals surface area contributed by atoms with E-state index in [4.69, 9.17) is 19.9 Å². The summed E-state index contributed by atoms with van der Waals surface area (Å²) in [4.78, 5) is 30.2. The van der Waals surface area contributed by atoms with Gasteiger partial charge in [-0.3, -0.25) is 14.9 Å². The predicted octanol–water partition coefficient (Wildman–Crippen LogP) is 5.91. The number of anilines is 1. The molecule has 0 saturated heterocycles. The third-order valence-electron chi connectivity index (χ3n) is 6.57. The van der Waals surface area contributed by atoms with Gasteiger partial charge in [-0.15, -0.1) is 0 Å². The molecule has 9 nitrogen and oxygen atoms in total. The normalized spacial score (nSPS) is 11.2. The minimum absolute atomic E-state index is 0.129. The van der Waals surface area contributed by atoms with Gasteiger partial charge in [0.25, 0.3) is 11.8 Å². The summed E-state index contributed by atoms with van der Waals surface area (Å²) in [5.74, 6) is 0.123. The Kier molecular flexibility index (Phi) is 10.1. The molecule has 0 aromatic heterocycles. The Labute approximate surface area is 251 Å². The lowest BCUT2D eigenvalue weighted by Gasteiger charge is -2.14. The van der Waals surface area contributed by atoms with Crippen molar-refractivity contribution in [2.45, 2.75) is 13.3 Å². The smallest absolute Gasteiger partial charge is 0.258 e. The molecule has 0 aliphatic heterocycles. The van der Waals surface area contributed by atoms with Crippen LogP contribution in [0.5, 0.6) is 17.2 Å². The van der Waals surface area contributed by atoms with E-state index in [-0.39, 0.29) is 17.4 Å². The summed E-state index contributed by atoms with van der Waals surface area (Å²) in [6.45, 7) is 1.87. The first-order valence-electron chi connectivity index (χ1n) is 13.5. The van der Waals surface area contributed by atoms with Gasteiger partial charge in [-0.1, -0.05) is 60.7 Å². The molecule has 0 saturated carbocycles. The second-order valence-electron chi connectivity index (χ2n) is 9.53. The highest BCUT2D eigenvalue weighted by Crippen LogP contribution is 2.38. The highest BCUT2D eigenvalue weighted by molar-refractivity contribution is 6.07. The van der Waals surface area contributed by atoms with Crippen LogP contribution in [0, 0.1) is 6.92 Å². The van der Waals surface area contributed by atoms with E-state index in [0.29, 0.717) is 34.2 Å². The lowest BCUT2D eigenvalue weighted by Crippen LogP contribution is -2.36. The van der Waals surface area contributed by atoms with E-state index in [0.717, 1.165) is 17.5 Å². The van der Waals surface area contributed by atoms with Gasteiger partial charge in [0.15, 0.2) is 11.5 Å². The maximum Gasteiger partial charge on any atom is 0.258 e. The van der Waals surface area contributed by atoms with E-state index in [1.165, 1.54) is 39.0 Å². The summed E-state index contributed by atoms with van der Waals surface area (Å²) in [7, 11) is 4.40. The van der Waals surface area contributed by atoms with Crippen molar-refractivity contribution >= 4 is 35.2 Å². The Morgan fingerprint density at radius 2 is 1.49 bits per heavy atom. The molecule has 0 spiro atoms. The average Bonchev–Trinajstić information content (AvgIpc) is 3.02. The molecule has 0 bridgehead atoms. The van der Waals surface area contributed by atoms with Crippen LogP contribution in [0.4, 0.5) is 11.4 Å². The van der Waals surface area contributed by atoms with E-state index >= 15 is 0 Å². The van der Waals surface area contributed by atoms with Crippen LogP contribution >= 0.6 is 0 Å². The molecule has 2 amide bonds. The number of nitrogens with one attached hydrogen (secondary N) is 2. The number of nitrogens with zero attached hydrogens (tertiary/aromatic N) is 1. The number of hydrogen-bond donors (Lipinski definition) is 3. The Bertz CT molecular complexity index is 1620. The van der Waals surface area contributed by atoms with Crippen LogP contribution in [-0.4, -0.2) is 39.1 Å². The predicted molar refractivity (Wildman–Crippen MR) is 170 cm³/mol. The standard InChI is InChI=1S/C34H34N4O5/c1-22-13-18-27(36-34(35)38-33(40)26-19-29(41-2)31(43-4)30(20-26)42-3)21-28(22)37-32(39)25-16-14-24(15-17-25)12-8-11-23-9-6-5-7-10-23/h5-10,12-21H,11H2,1-4H3,(H,37,39)(H3,35,36,38,40)/b12-8+. The SMILES string of the molecule is COc1cc(C(=O)NC(N)=Nc2ccc(C)c(NC(=O)c3ccc(/C=C/Cc4ccccc4)cc3)c2)cc(OC)c1OC. The van der Waals surface area contributed by atoms with Crippen LogP contribution in [0.1, 0.15) is 37.4 Å². The number of methoxy groups -OCH3 is 3. The number of ether oxygens (including phenoxy) is 3. The van der Waals surface area contributed by atoms with Crippen molar-refractivity contribution in [3.8, 4) is 17.2 Å². The largest absolute Gasteiger partial charge is 0.493 e. The molecule has 0 fully saturated rings. The molecule has 4 N–H and O–H groups in total. The molecule has 4 aromatic carbocycles. The maximum atomic E-state index is 13.0. The van der Waals surface area contributed by atoms with Gasteiger partial charge < -0.3 is 25.3 Å². The van der Waals surface area contributed by atoms with E-state index in [1.54, 1.807) is 24.3 Å². The number of carbonyl (C=O) groups excluding carboxylic acids is 2. The summed E-state index contributed by atoms with van der Waals surface area (Å²) >= 11 is 0. The van der Waals surface area contributed by atoms with Gasteiger partial charge in [0.2, 0.25) is 11.7 Å². The minimum atomic E-state index is -0.514. The molecule has 0 atom stereocenters. The Morgan fingerprint density at radius 1 is 0.814 bits per heavy atom. The molecule has 4 aromatic rings. The van der Waals surface area contributed by atoms with E-state index < -0.39 is 5.91 Å². The van der Waals surface area contributed by atoms with Crippen molar-refractivity contribution < 1.29 is 23.8 Å². The quantitative estimate of drug-likeness (QED) is 0.159. The van der Waals surface area contributed by atoms with Crippen LogP contribution in [0.25, 0.3) is 6.08 Å². The van der Waals surface area contributed by atoms with Gasteiger partial charge in [0.1, 0.15) is 0 Å². The fraction of sp³-hybridized carbons (Fsp3) is 0.147. The molecule has 0 aliphatic rings. The highest BCUT2D eigenvalue weighted by atomic mass is 16.5. The number of carbonyl (C=O) groups is 2. The number of amides is 2. The number of benzene rings is 4. The van der Waals surface area contributed by atoms with Crippen molar-refractivity contribution in [1.82, 2.24) is 5.32 Å². The second-order valence-corrected chi connectivity index (χ2v) is 9.53. The van der Waals surface area contributed by atoms with Crippen molar-refractivity contribution in [2.75, 3.05) is 26.6 Å². The Morgan fingerprint density at radius 3 is 2.12 bits per heavy atom. The zero-order chi connectivity index (χ0) is 30.8. The van der Waals surface area contributed by atoms with E-state index in [2.05, 4.69) is 33.8 Å². The number of guanidine groups is 1. The van der Waals surface area contributed by atoms with E-state index in [1.807, 2.05) is 49.4 Å². The first-order chi connectivity index (χ1) is 20.8. The number of aryl methyl sites for hydroxylation is 1. The Balaban J connectivity index is 1.41. The summed E-state index contributed by atoms with van der Waals surface area (Å²) in [5, 5.41) is 5.49. The highest BCUT2D eigenvalue weighted by Gasteiger charge is 2.17. The van der Waals surface area contributed by atoms with Gasteiger partial charge in [0.05, 0.1) is 27.0 Å². The fourth-order valence-electron chi connectivity index (χ4n) is 4.27. The number of allylic oxidation sites excluding steroid dienone is 1. The number of rotatable bonds is 10. The fourth-order valence-corrected chi connectivity index (χ4v) is 4.27. The number of hydrogen-bond acceptors (Lipinski definition) is 6. The molecule has 0 heterocycles. The summed E-state index contributed by atoms with van der Waals surface area (Å²) in [6.07, 6.45) is 4.96. The molecular weight excluding hydrogens is 544 g/mol. The van der Waals surface area contributed by atoms with Crippen LogP contribution in [0.3, 0.4) is 0 Å². The van der Waals surface area contributed by atoms with Crippen LogP contribution in [0.2, 0.25) is 0 Å². The molecular formula is C34H34N4O5. The third-order valence-corrected chi connectivity index (χ3v) is 6.57. The van der Waals surface area contributed by atoms with Gasteiger partial charge in [-0.25, -0.2) is 4.99 Å². The lowest BCUT2D eigenvalue weighted by molar-refractivity contribution is 0.0974. The van der Waals surface area contributed by atoms with Crippen molar-refractivity contribution in [2.24, 2.45) is 10.7 Å². The summed E-state index contributed by atoms with van der Waals surface area (Å²) < 4.78 is 15.9. The van der Waals surface area contributed by atoms with Crippen molar-refractivity contribution in [3.63, 3.8) is 0 Å². The minimum Gasteiger partial charge on any atom is -0.493 e. The second kappa shape index (κ2) is 14.4. The van der Waals surface area contributed by atoms with Gasteiger partial charge in [-0.2, -0.15) is 0 Å². The van der Waals surface area contributed by atoms with Crippen LogP contribution in [-0.2, 0) is 6.42 Å². The first kappa shape index (κ1) is 30.4. The first-order valence-corrected chi connectivity index (χ1v) is 13.5. The van der Waals surface area contributed by atoms with Crippen molar-refractivity contribution in [1.29, 1.82) is 0 Å². The Hall–Kier alpha value is -5.57. The van der Waals surface area contributed by atoms with Crippen LogP contribution < -0.4 is 30.6 Å². The zero-order valence-corrected chi connectivity index (χ0v) is 24.5. The monoisotopic (exact) mass is 578 g/mol. The number of nitrogens with two attached hydrogens (primary N) is 1. The molecule has 0 unspecified atom stereocenters. The van der Waals surface area contributed by atoms with Gasteiger partial charge >= 0.3 is 0 Å². The molecule has 9 heteroatoms. The van der Waals surface area contributed by atoms with E-state index in [9.17, 15) is 9.59 Å². The molecule has 0 aliphatic carbocycles. The summed E-state index contributed by atoms with van der Waals surface area (Å²) in [6, 6.07) is 25.8. The average molecular weight is 579 g/mol. The van der Waals surface area contributed by atoms with Gasteiger partial charge in [0, 0.05) is 16.8 Å². The molecule has 43 heavy (non-hydrogen) atoms. The van der Waals surface area contributed by atoms with Gasteiger partial charge in [-0.05, 0) is 66.4 Å². The lowest BCUT2D eigenvalue weighted by atomic mass is 10.1. The van der Waals surface area contributed by atoms with Crippen molar-refractivity contribution in [3.05, 3.63) is 119 Å². The maximum absolute atomic E-state index is 13.0. The third kappa shape index (κ3) is 8.01. The molecule has 220 valence electrons. The summed E-state index contributed by atoms with van der Waals surface area (Å²) in [5.41, 5.74) is 10.9. The van der Waals surface area contributed by atoms with Crippen LogP contribution in [0.15, 0.2) is 96.0 Å². The molecule has 4 rings (SSSR count). The zero-order valence-electron chi connectivity index (χ0n) is 24.5. The topological polar surface area (TPSA) is 124 Å². The number of aliphatic imine (C=N–C) groups is 1. The molecule has 0 radical (unpaired) electrons.